The van der Waals surface area contributed by atoms with Crippen molar-refractivity contribution >= 4 is 15.9 Å². The van der Waals surface area contributed by atoms with E-state index in [1.807, 2.05) is 19.1 Å². The fourth-order valence-corrected chi connectivity index (χ4v) is 1.62. The molecule has 78 valence electrons. The predicted octanol–water partition coefficient (Wildman–Crippen LogP) is 1.14. The molecule has 14 heavy (non-hydrogen) atoms. The average molecular weight is 261 g/mol. The van der Waals surface area contributed by atoms with Crippen molar-refractivity contribution in [3.63, 3.8) is 0 Å². The van der Waals surface area contributed by atoms with E-state index in [9.17, 15) is 10.2 Å². The van der Waals surface area contributed by atoms with Gasteiger partial charge in [-0.15, -0.1) is 0 Å². The van der Waals surface area contributed by atoms with Gasteiger partial charge >= 0.3 is 0 Å². The van der Waals surface area contributed by atoms with E-state index in [0.29, 0.717) is 5.56 Å². The standard InChI is InChI=1S/C10H13BrO3/c1-6-2-3-7(11)4-8(6)10(14)9(13)5-12/h2-4,9-10,12-14H,5H2,1H3. The number of benzene rings is 1. The molecule has 0 amide bonds. The summed E-state index contributed by atoms with van der Waals surface area (Å²) in [5.41, 5.74) is 1.51. The second-order valence-corrected chi connectivity index (χ2v) is 4.11. The van der Waals surface area contributed by atoms with E-state index in [2.05, 4.69) is 15.9 Å². The Morgan fingerprint density at radius 2 is 2.00 bits per heavy atom. The number of aliphatic hydroxyl groups is 3. The molecule has 0 aliphatic carbocycles. The Labute approximate surface area is 91.1 Å². The summed E-state index contributed by atoms with van der Waals surface area (Å²) in [4.78, 5) is 0. The van der Waals surface area contributed by atoms with Crippen molar-refractivity contribution in [2.45, 2.75) is 19.1 Å². The van der Waals surface area contributed by atoms with Crippen molar-refractivity contribution in [1.82, 2.24) is 0 Å². The summed E-state index contributed by atoms with van der Waals surface area (Å²) in [6.07, 6.45) is -2.18. The van der Waals surface area contributed by atoms with Gasteiger partial charge in [-0.1, -0.05) is 22.0 Å². The van der Waals surface area contributed by atoms with Crippen LogP contribution in [0, 0.1) is 6.92 Å². The third-order valence-electron chi connectivity index (χ3n) is 2.11. The Morgan fingerprint density at radius 3 is 2.57 bits per heavy atom. The van der Waals surface area contributed by atoms with E-state index in [1.54, 1.807) is 6.07 Å². The molecule has 3 nitrogen and oxygen atoms in total. The van der Waals surface area contributed by atoms with Crippen LogP contribution in [0.2, 0.25) is 0 Å². The molecule has 0 aromatic heterocycles. The summed E-state index contributed by atoms with van der Waals surface area (Å²) < 4.78 is 0.835. The molecule has 0 saturated carbocycles. The Hall–Kier alpha value is -0.420. The summed E-state index contributed by atoms with van der Waals surface area (Å²) in [6, 6.07) is 5.43. The molecule has 0 saturated heterocycles. The first-order valence-corrected chi connectivity index (χ1v) is 5.08. The van der Waals surface area contributed by atoms with Crippen LogP contribution in [0.3, 0.4) is 0 Å². The smallest absolute Gasteiger partial charge is 0.107 e. The lowest BCUT2D eigenvalue weighted by atomic mass is 10.00. The first-order valence-electron chi connectivity index (χ1n) is 4.29. The predicted molar refractivity (Wildman–Crippen MR) is 56.9 cm³/mol. The molecule has 4 heteroatoms. The van der Waals surface area contributed by atoms with Gasteiger partial charge in [-0.05, 0) is 30.2 Å². The minimum absolute atomic E-state index is 0.451. The summed E-state index contributed by atoms with van der Waals surface area (Å²) in [5, 5.41) is 27.6. The SMILES string of the molecule is Cc1ccc(Br)cc1C(O)C(O)CO. The average Bonchev–Trinajstić information content (AvgIpc) is 2.19. The molecule has 0 spiro atoms. The van der Waals surface area contributed by atoms with Gasteiger partial charge in [0.25, 0.3) is 0 Å². The molecule has 0 bridgehead atoms. The van der Waals surface area contributed by atoms with Crippen LogP contribution in [0.4, 0.5) is 0 Å². The van der Waals surface area contributed by atoms with E-state index >= 15 is 0 Å². The van der Waals surface area contributed by atoms with Gasteiger partial charge in [-0.3, -0.25) is 0 Å². The van der Waals surface area contributed by atoms with E-state index in [-0.39, 0.29) is 0 Å². The maximum absolute atomic E-state index is 9.66. The lowest BCUT2D eigenvalue weighted by Crippen LogP contribution is -2.22. The maximum Gasteiger partial charge on any atom is 0.107 e. The third kappa shape index (κ3) is 2.54. The van der Waals surface area contributed by atoms with Crippen LogP contribution in [-0.2, 0) is 0 Å². The third-order valence-corrected chi connectivity index (χ3v) is 2.60. The Morgan fingerprint density at radius 1 is 1.36 bits per heavy atom. The fourth-order valence-electron chi connectivity index (χ4n) is 1.24. The van der Waals surface area contributed by atoms with E-state index in [1.165, 1.54) is 0 Å². The topological polar surface area (TPSA) is 60.7 Å². The summed E-state index contributed by atoms with van der Waals surface area (Å²) in [6.45, 7) is 1.39. The lowest BCUT2D eigenvalue weighted by molar-refractivity contribution is -0.0155. The summed E-state index contributed by atoms with van der Waals surface area (Å²) in [5.74, 6) is 0. The molecule has 0 radical (unpaired) electrons. The Balaban J connectivity index is 2.99. The van der Waals surface area contributed by atoms with Crippen molar-refractivity contribution < 1.29 is 15.3 Å². The fraction of sp³-hybridized carbons (Fsp3) is 0.400. The second kappa shape index (κ2) is 4.89. The van der Waals surface area contributed by atoms with Crippen LogP contribution < -0.4 is 0 Å². The molecule has 1 rings (SSSR count). The monoisotopic (exact) mass is 260 g/mol. The van der Waals surface area contributed by atoms with Gasteiger partial charge in [0.05, 0.1) is 6.61 Å². The lowest BCUT2D eigenvalue weighted by Gasteiger charge is -2.18. The van der Waals surface area contributed by atoms with Crippen molar-refractivity contribution in [3.05, 3.63) is 33.8 Å². The van der Waals surface area contributed by atoms with Crippen molar-refractivity contribution in [2.75, 3.05) is 6.61 Å². The molecule has 1 aromatic carbocycles. The molecule has 0 aliphatic rings. The van der Waals surface area contributed by atoms with Gasteiger partial charge in [-0.2, -0.15) is 0 Å². The number of rotatable bonds is 3. The van der Waals surface area contributed by atoms with Gasteiger partial charge < -0.3 is 15.3 Å². The van der Waals surface area contributed by atoms with E-state index < -0.39 is 18.8 Å². The normalized spacial score (nSPS) is 15.2. The molecule has 2 unspecified atom stereocenters. The van der Waals surface area contributed by atoms with Crippen LogP contribution in [0.1, 0.15) is 17.2 Å². The maximum atomic E-state index is 9.66. The van der Waals surface area contributed by atoms with Crippen LogP contribution in [-0.4, -0.2) is 28.0 Å². The molecule has 2 atom stereocenters. The van der Waals surface area contributed by atoms with Crippen LogP contribution >= 0.6 is 15.9 Å². The molecule has 1 aromatic rings. The zero-order valence-electron chi connectivity index (χ0n) is 7.81. The molecule has 0 fully saturated rings. The van der Waals surface area contributed by atoms with Gasteiger partial charge in [0, 0.05) is 4.47 Å². The number of halogens is 1. The van der Waals surface area contributed by atoms with Crippen LogP contribution in [0.5, 0.6) is 0 Å². The van der Waals surface area contributed by atoms with Crippen molar-refractivity contribution in [3.8, 4) is 0 Å². The minimum atomic E-state index is -1.14. The number of hydrogen-bond acceptors (Lipinski definition) is 3. The highest BCUT2D eigenvalue weighted by Gasteiger charge is 2.19. The zero-order valence-corrected chi connectivity index (χ0v) is 9.40. The van der Waals surface area contributed by atoms with Gasteiger partial charge in [0.2, 0.25) is 0 Å². The quantitative estimate of drug-likeness (QED) is 0.764. The van der Waals surface area contributed by atoms with Crippen molar-refractivity contribution in [1.29, 1.82) is 0 Å². The minimum Gasteiger partial charge on any atom is -0.394 e. The highest BCUT2D eigenvalue weighted by Crippen LogP contribution is 2.24. The molecule has 0 heterocycles. The molecular weight excluding hydrogens is 248 g/mol. The highest BCUT2D eigenvalue weighted by molar-refractivity contribution is 9.10. The van der Waals surface area contributed by atoms with E-state index in [4.69, 9.17) is 5.11 Å². The summed E-state index contributed by atoms with van der Waals surface area (Å²) in [7, 11) is 0. The Bertz CT molecular complexity index is 314. The van der Waals surface area contributed by atoms with Crippen molar-refractivity contribution in [2.24, 2.45) is 0 Å². The number of aryl methyl sites for hydroxylation is 1. The first kappa shape index (κ1) is 11.7. The number of aliphatic hydroxyl groups excluding tert-OH is 3. The van der Waals surface area contributed by atoms with Gasteiger partial charge in [0.15, 0.2) is 0 Å². The zero-order chi connectivity index (χ0) is 10.7. The second-order valence-electron chi connectivity index (χ2n) is 3.20. The number of hydrogen-bond donors (Lipinski definition) is 3. The van der Waals surface area contributed by atoms with Gasteiger partial charge in [0.1, 0.15) is 12.2 Å². The van der Waals surface area contributed by atoms with Crippen LogP contribution in [0.25, 0.3) is 0 Å². The molecule has 3 N–H and O–H groups in total. The van der Waals surface area contributed by atoms with E-state index in [0.717, 1.165) is 10.0 Å². The summed E-state index contributed by atoms with van der Waals surface area (Å²) >= 11 is 3.28. The molecule has 0 aliphatic heterocycles. The molecular formula is C10H13BrO3. The van der Waals surface area contributed by atoms with Gasteiger partial charge in [-0.25, -0.2) is 0 Å². The first-order chi connectivity index (χ1) is 6.56. The van der Waals surface area contributed by atoms with Crippen LogP contribution in [0.15, 0.2) is 22.7 Å². The Kier molecular flexibility index (Phi) is 4.07. The highest BCUT2D eigenvalue weighted by atomic mass is 79.9. The largest absolute Gasteiger partial charge is 0.394 e.